The van der Waals surface area contributed by atoms with Crippen LogP contribution < -0.4 is 37.3 Å². The van der Waals surface area contributed by atoms with Crippen LogP contribution in [-0.2, 0) is 27.5 Å². The summed E-state index contributed by atoms with van der Waals surface area (Å²) < 4.78 is 24.6. The van der Waals surface area contributed by atoms with Crippen LogP contribution in [0.15, 0.2) is 53.6 Å². The van der Waals surface area contributed by atoms with E-state index in [2.05, 4.69) is 59.3 Å². The Kier molecular flexibility index (Phi) is 19.9. The Labute approximate surface area is 420 Å². The summed E-state index contributed by atoms with van der Waals surface area (Å²) in [6.07, 6.45) is 8.64. The van der Waals surface area contributed by atoms with Crippen LogP contribution in [0.4, 0.5) is 25.4 Å². The molecule has 7 N–H and O–H groups in total. The first-order valence-electron chi connectivity index (χ1n) is 25.4. The van der Waals surface area contributed by atoms with Gasteiger partial charge in [0.05, 0.1) is 35.2 Å². The molecule has 20 nitrogen and oxygen atoms in total. The van der Waals surface area contributed by atoms with Crippen LogP contribution in [0.5, 0.6) is 0 Å². The molecule has 0 aliphatic carbocycles. The molecule has 6 rings (SSSR count). The number of aryl methyl sites for hydroxylation is 1. The summed E-state index contributed by atoms with van der Waals surface area (Å²) in [4.78, 5) is 77.5. The van der Waals surface area contributed by atoms with Crippen LogP contribution in [0, 0.1) is 17.7 Å². The molecule has 392 valence electrons. The number of nitrogens with two attached hydrogens (primary N) is 1. The molecule has 0 spiro atoms. The number of rotatable bonds is 27. The summed E-state index contributed by atoms with van der Waals surface area (Å²) in [5.74, 6) is -1.50. The second-order valence-electron chi connectivity index (χ2n) is 19.4. The highest BCUT2D eigenvalue weighted by Crippen LogP contribution is 2.28. The summed E-state index contributed by atoms with van der Waals surface area (Å²) in [7, 11) is 0. The van der Waals surface area contributed by atoms with Gasteiger partial charge in [0.2, 0.25) is 17.2 Å². The summed E-state index contributed by atoms with van der Waals surface area (Å²) in [5, 5.41) is 32.4. The summed E-state index contributed by atoms with van der Waals surface area (Å²) in [6.45, 7) is 15.3. The fourth-order valence-electron chi connectivity index (χ4n) is 9.25. The van der Waals surface area contributed by atoms with Crippen molar-refractivity contribution in [1.82, 2.24) is 45.3 Å². The fraction of sp³-hybridized carbons (Fsp3) is 0.569. The first-order valence-corrected chi connectivity index (χ1v) is 25.4. The van der Waals surface area contributed by atoms with E-state index < -0.39 is 34.9 Å². The van der Waals surface area contributed by atoms with E-state index in [1.165, 1.54) is 11.1 Å². The first-order chi connectivity index (χ1) is 34.5. The monoisotopic (exact) mass is 1000 g/mol. The Balaban J connectivity index is 0.974. The zero-order valence-electron chi connectivity index (χ0n) is 42.3. The third-order valence-corrected chi connectivity index (χ3v) is 13.6. The van der Waals surface area contributed by atoms with Gasteiger partial charge in [-0.15, -0.1) is 5.10 Å². The first kappa shape index (κ1) is 54.7. The highest BCUT2D eigenvalue weighted by atomic mass is 19.1. The Morgan fingerprint density at radius 1 is 0.861 bits per heavy atom. The van der Waals surface area contributed by atoms with Crippen molar-refractivity contribution < 1.29 is 38.2 Å². The quantitative estimate of drug-likeness (QED) is 0.0314. The molecule has 2 aromatic heterocycles. The number of carboxylic acid groups (broad SMARTS) is 1. The van der Waals surface area contributed by atoms with Crippen molar-refractivity contribution in [3.05, 3.63) is 81.7 Å². The van der Waals surface area contributed by atoms with Gasteiger partial charge in [-0.2, -0.15) is 0 Å². The van der Waals surface area contributed by atoms with Crippen molar-refractivity contribution in [2.75, 3.05) is 69.1 Å². The molecule has 0 saturated carbocycles. The number of urea groups is 1. The third-order valence-electron chi connectivity index (χ3n) is 13.6. The van der Waals surface area contributed by atoms with E-state index in [4.69, 9.17) is 10.5 Å². The van der Waals surface area contributed by atoms with E-state index in [-0.39, 0.29) is 66.6 Å². The van der Waals surface area contributed by atoms with E-state index in [0.717, 1.165) is 61.8 Å². The number of carboxylic acids is 1. The maximum atomic E-state index is 15.4. The minimum Gasteiger partial charge on any atom is -0.477 e. The molecule has 5 amide bonds. The van der Waals surface area contributed by atoms with Gasteiger partial charge in [-0.05, 0) is 80.8 Å². The van der Waals surface area contributed by atoms with Crippen LogP contribution in [0.25, 0.3) is 10.9 Å². The Hall–Kier alpha value is -6.61. The molecule has 2 aliphatic rings. The van der Waals surface area contributed by atoms with Crippen molar-refractivity contribution in [3.8, 4) is 0 Å². The van der Waals surface area contributed by atoms with Gasteiger partial charge in [0.15, 0.2) is 0 Å². The number of nitrogens with zero attached hydrogens (tertiary/aromatic N) is 7. The minimum absolute atomic E-state index is 0.00306. The van der Waals surface area contributed by atoms with Gasteiger partial charge in [0, 0.05) is 95.1 Å². The number of aromatic nitrogens is 4. The van der Waals surface area contributed by atoms with E-state index >= 15 is 4.39 Å². The van der Waals surface area contributed by atoms with Gasteiger partial charge < -0.3 is 51.2 Å². The second kappa shape index (κ2) is 26.2. The van der Waals surface area contributed by atoms with Crippen molar-refractivity contribution >= 4 is 52.2 Å². The second-order valence-corrected chi connectivity index (χ2v) is 19.4. The number of likely N-dealkylation sites (tertiary alicyclic amines) is 1. The zero-order valence-corrected chi connectivity index (χ0v) is 42.3. The number of aromatic carboxylic acids is 1. The number of nitrogens with one attached hydrogen (secondary N) is 4. The molecule has 72 heavy (non-hydrogen) atoms. The Morgan fingerprint density at radius 2 is 1.57 bits per heavy atom. The van der Waals surface area contributed by atoms with Crippen molar-refractivity contribution in [3.63, 3.8) is 0 Å². The van der Waals surface area contributed by atoms with Gasteiger partial charge in [-0.3, -0.25) is 19.3 Å². The number of imide groups is 1. The lowest BCUT2D eigenvalue weighted by molar-refractivity contribution is -0.138. The standard InChI is InChI=1S/C51H73FN12O8/c1-6-60-30-39(49(68)69)48(67)38-26-40(52)44(27-43(38)60)61-22-24-62(25-23-61)51(71)72-32-35-13-15-36(16-14-35)56-28-37(12-11-20-55-50(53)70)64-31-42(58-59-64)47(34(4)5)57-29-41(33(2)3)54-19-9-7-8-10-21-63-45(65)17-18-46(63)66/h13-16,26-27,30-31,33-34,37,41,47,54,56-57H,6-12,17-25,28-29,32H2,1-5H3,(H,68,69)(H3,53,55,70)/t37-,41-,47+/m1/s1. The van der Waals surface area contributed by atoms with Crippen LogP contribution in [0.2, 0.25) is 0 Å². The molecule has 4 heterocycles. The lowest BCUT2D eigenvalue weighted by atomic mass is 9.99. The number of primary amides is 1. The predicted molar refractivity (Wildman–Crippen MR) is 272 cm³/mol. The van der Waals surface area contributed by atoms with Crippen LogP contribution in [0.3, 0.4) is 0 Å². The molecule has 21 heteroatoms. The number of benzene rings is 2. The van der Waals surface area contributed by atoms with Crippen molar-refractivity contribution in [1.29, 1.82) is 0 Å². The van der Waals surface area contributed by atoms with E-state index in [0.29, 0.717) is 76.4 Å². The fourth-order valence-corrected chi connectivity index (χ4v) is 9.25. The molecule has 0 bridgehead atoms. The third kappa shape index (κ3) is 14.7. The molecule has 0 unspecified atom stereocenters. The summed E-state index contributed by atoms with van der Waals surface area (Å²) in [5.41, 5.74) is 7.36. The summed E-state index contributed by atoms with van der Waals surface area (Å²) >= 11 is 0. The number of piperazine rings is 1. The number of hydrogen-bond donors (Lipinski definition) is 6. The number of anilines is 2. The topological polar surface area (TPSA) is 251 Å². The average Bonchev–Trinajstić information content (AvgIpc) is 3.97. The van der Waals surface area contributed by atoms with Crippen molar-refractivity contribution in [2.24, 2.45) is 17.6 Å². The number of hydrogen-bond acceptors (Lipinski definition) is 13. The number of amides is 5. The largest absolute Gasteiger partial charge is 0.477 e. The smallest absolute Gasteiger partial charge is 0.410 e. The maximum Gasteiger partial charge on any atom is 0.410 e. The van der Waals surface area contributed by atoms with Crippen LogP contribution in [0.1, 0.15) is 120 Å². The molecule has 2 fully saturated rings. The molecule has 2 aliphatic heterocycles. The van der Waals surface area contributed by atoms with Crippen LogP contribution >= 0.6 is 0 Å². The number of carbonyl (C=O) groups excluding carboxylic acids is 4. The molecule has 2 aromatic carbocycles. The normalized spacial score (nSPS) is 15.4. The number of pyridine rings is 1. The number of halogens is 1. The number of unbranched alkanes of at least 4 members (excludes halogenated alkanes) is 3. The molecule has 3 atom stereocenters. The summed E-state index contributed by atoms with van der Waals surface area (Å²) in [6, 6.07) is 9.76. The predicted octanol–water partition coefficient (Wildman–Crippen LogP) is 5.62. The van der Waals surface area contributed by atoms with E-state index in [9.17, 15) is 33.9 Å². The lowest BCUT2D eigenvalue weighted by Gasteiger charge is -2.35. The maximum absolute atomic E-state index is 15.4. The van der Waals surface area contributed by atoms with E-state index in [1.807, 2.05) is 42.1 Å². The highest BCUT2D eigenvalue weighted by Gasteiger charge is 2.29. The van der Waals surface area contributed by atoms with E-state index in [1.54, 1.807) is 20.4 Å². The van der Waals surface area contributed by atoms with Crippen LogP contribution in [-0.4, -0.2) is 129 Å². The van der Waals surface area contributed by atoms with Gasteiger partial charge in [-0.1, -0.05) is 57.9 Å². The van der Waals surface area contributed by atoms with Gasteiger partial charge in [0.1, 0.15) is 18.0 Å². The molecule has 2 saturated heterocycles. The minimum atomic E-state index is -1.37. The zero-order chi connectivity index (χ0) is 51.9. The number of ether oxygens (including phenoxy) is 1. The molecular weight excluding hydrogens is 928 g/mol. The van der Waals surface area contributed by atoms with Gasteiger partial charge >= 0.3 is 18.1 Å². The average molecular weight is 1000 g/mol. The Bertz CT molecular complexity index is 2530. The lowest BCUT2D eigenvalue weighted by Crippen LogP contribution is -2.49. The molecular formula is C51H73FN12O8. The number of fused-ring (bicyclic) bond motifs is 1. The highest BCUT2D eigenvalue weighted by molar-refractivity contribution is 6.01. The molecule has 4 aromatic rings. The SMILES string of the molecule is CCn1cc(C(=O)O)c(=O)c2cc(F)c(N3CCN(C(=O)OCc4ccc(NC[C@@H](CCCNC(N)=O)n5cc([C@@H](NC[C@@H](NCCCCCCN6C(=O)CCC6=O)C(C)C)C(C)C)nn5)cc4)CC3)cc21. The molecule has 0 radical (unpaired) electrons. The van der Waals surface area contributed by atoms with Gasteiger partial charge in [-0.25, -0.2) is 23.5 Å². The van der Waals surface area contributed by atoms with Crippen molar-refractivity contribution in [2.45, 2.75) is 117 Å². The Morgan fingerprint density at radius 3 is 2.22 bits per heavy atom. The number of carbonyl (C=O) groups is 5. The van der Waals surface area contributed by atoms with Gasteiger partial charge in [0.25, 0.3) is 0 Å².